The molecule has 1 aromatic heterocycles. The van der Waals surface area contributed by atoms with E-state index in [1.54, 1.807) is 36.4 Å². The molecule has 5 nitrogen and oxygen atoms in total. The molecule has 0 N–H and O–H groups in total. The topological polar surface area (TPSA) is 49.3 Å². The number of carbonyl (C=O) groups is 1. The molecule has 1 aliphatic heterocycles. The van der Waals surface area contributed by atoms with Crippen LogP contribution in [0, 0.1) is 12.7 Å². The van der Waals surface area contributed by atoms with E-state index in [2.05, 4.69) is 14.9 Å². The highest BCUT2D eigenvalue weighted by Crippen LogP contribution is 2.15. The highest BCUT2D eigenvalue weighted by atomic mass is 19.1. The third-order valence-electron chi connectivity index (χ3n) is 3.81. The molecule has 114 valence electrons. The van der Waals surface area contributed by atoms with E-state index in [1.807, 2.05) is 0 Å². The molecule has 6 heteroatoms. The Labute approximate surface area is 128 Å². The lowest BCUT2D eigenvalue weighted by atomic mass is 10.1. The van der Waals surface area contributed by atoms with Crippen LogP contribution in [0.1, 0.15) is 15.9 Å². The number of amides is 1. The first kappa shape index (κ1) is 14.4. The molecule has 22 heavy (non-hydrogen) atoms. The summed E-state index contributed by atoms with van der Waals surface area (Å²) < 4.78 is 13.3. The maximum absolute atomic E-state index is 13.3. The second-order valence-corrected chi connectivity index (χ2v) is 5.29. The quantitative estimate of drug-likeness (QED) is 0.850. The average molecular weight is 300 g/mol. The summed E-state index contributed by atoms with van der Waals surface area (Å²) >= 11 is 0. The Kier molecular flexibility index (Phi) is 4.00. The van der Waals surface area contributed by atoms with Gasteiger partial charge in [-0.2, -0.15) is 0 Å². The Morgan fingerprint density at radius 2 is 1.82 bits per heavy atom. The van der Waals surface area contributed by atoms with Gasteiger partial charge in [0.2, 0.25) is 5.95 Å². The van der Waals surface area contributed by atoms with Crippen molar-refractivity contribution >= 4 is 11.9 Å². The van der Waals surface area contributed by atoms with Gasteiger partial charge in [0.1, 0.15) is 5.82 Å². The smallest absolute Gasteiger partial charge is 0.253 e. The van der Waals surface area contributed by atoms with Gasteiger partial charge in [0, 0.05) is 44.1 Å². The van der Waals surface area contributed by atoms with Gasteiger partial charge >= 0.3 is 0 Å². The van der Waals surface area contributed by atoms with Crippen LogP contribution in [-0.2, 0) is 0 Å². The van der Waals surface area contributed by atoms with Crippen LogP contribution in [0.4, 0.5) is 10.3 Å². The Balaban J connectivity index is 1.66. The largest absolute Gasteiger partial charge is 0.337 e. The van der Waals surface area contributed by atoms with Crippen LogP contribution in [0.25, 0.3) is 0 Å². The highest BCUT2D eigenvalue weighted by Gasteiger charge is 2.23. The maximum Gasteiger partial charge on any atom is 0.253 e. The third kappa shape index (κ3) is 2.90. The SMILES string of the molecule is Cc1cc(C(=O)N2CCN(c3ncccn3)CC2)ccc1F. The van der Waals surface area contributed by atoms with Gasteiger partial charge in [-0.25, -0.2) is 14.4 Å². The zero-order valence-electron chi connectivity index (χ0n) is 12.4. The second kappa shape index (κ2) is 6.09. The lowest BCUT2D eigenvalue weighted by molar-refractivity contribution is 0.0746. The minimum atomic E-state index is -0.289. The monoisotopic (exact) mass is 300 g/mol. The highest BCUT2D eigenvalue weighted by molar-refractivity contribution is 5.94. The van der Waals surface area contributed by atoms with Gasteiger partial charge in [-0.3, -0.25) is 4.79 Å². The van der Waals surface area contributed by atoms with E-state index >= 15 is 0 Å². The summed E-state index contributed by atoms with van der Waals surface area (Å²) in [6.07, 6.45) is 3.42. The fourth-order valence-electron chi connectivity index (χ4n) is 2.52. The predicted molar refractivity (Wildman–Crippen MR) is 81.3 cm³/mol. The number of nitrogens with zero attached hydrogens (tertiary/aromatic N) is 4. The van der Waals surface area contributed by atoms with Crippen molar-refractivity contribution in [3.8, 4) is 0 Å². The van der Waals surface area contributed by atoms with Crippen molar-refractivity contribution in [3.05, 3.63) is 53.6 Å². The van der Waals surface area contributed by atoms with Crippen LogP contribution >= 0.6 is 0 Å². The van der Waals surface area contributed by atoms with Crippen LogP contribution in [-0.4, -0.2) is 47.0 Å². The molecule has 1 aromatic carbocycles. The van der Waals surface area contributed by atoms with Crippen LogP contribution in [0.3, 0.4) is 0 Å². The standard InChI is InChI=1S/C16H17FN4O/c1-12-11-13(3-4-14(12)17)15(22)20-7-9-21(10-8-20)16-18-5-2-6-19-16/h2-6,11H,7-10H2,1H3. The first-order valence-electron chi connectivity index (χ1n) is 7.22. The summed E-state index contributed by atoms with van der Waals surface area (Å²) in [6.45, 7) is 4.25. The number of hydrogen-bond donors (Lipinski definition) is 0. The molecule has 0 saturated carbocycles. The van der Waals surface area contributed by atoms with Crippen LogP contribution in [0.15, 0.2) is 36.7 Å². The Bertz CT molecular complexity index is 669. The number of carbonyl (C=O) groups excluding carboxylic acids is 1. The predicted octanol–water partition coefficient (Wildman–Crippen LogP) is 1.89. The fourth-order valence-corrected chi connectivity index (χ4v) is 2.52. The molecule has 3 rings (SSSR count). The lowest BCUT2D eigenvalue weighted by Gasteiger charge is -2.34. The molecule has 1 saturated heterocycles. The van der Waals surface area contributed by atoms with Gasteiger partial charge in [-0.05, 0) is 36.8 Å². The first-order valence-corrected chi connectivity index (χ1v) is 7.22. The molecule has 0 atom stereocenters. The zero-order chi connectivity index (χ0) is 15.5. The summed E-state index contributed by atoms with van der Waals surface area (Å²) in [5.74, 6) is 0.339. The normalized spacial score (nSPS) is 15.0. The van der Waals surface area contributed by atoms with Gasteiger partial charge in [0.25, 0.3) is 5.91 Å². The van der Waals surface area contributed by atoms with Crippen LogP contribution in [0.2, 0.25) is 0 Å². The number of hydrogen-bond acceptors (Lipinski definition) is 4. The third-order valence-corrected chi connectivity index (χ3v) is 3.81. The number of anilines is 1. The van der Waals surface area contributed by atoms with Crippen molar-refractivity contribution in [2.24, 2.45) is 0 Å². The van der Waals surface area contributed by atoms with Gasteiger partial charge in [0.15, 0.2) is 0 Å². The van der Waals surface area contributed by atoms with Crippen LogP contribution in [0.5, 0.6) is 0 Å². The molecule has 1 amide bonds. The fraction of sp³-hybridized carbons (Fsp3) is 0.312. The van der Waals surface area contributed by atoms with E-state index in [1.165, 1.54) is 12.1 Å². The van der Waals surface area contributed by atoms with E-state index in [9.17, 15) is 9.18 Å². The van der Waals surface area contributed by atoms with E-state index in [4.69, 9.17) is 0 Å². The molecular weight excluding hydrogens is 283 g/mol. The number of benzene rings is 1. The summed E-state index contributed by atoms with van der Waals surface area (Å²) in [5, 5.41) is 0. The molecule has 0 radical (unpaired) electrons. The lowest BCUT2D eigenvalue weighted by Crippen LogP contribution is -2.49. The van der Waals surface area contributed by atoms with E-state index in [0.717, 1.165) is 0 Å². The van der Waals surface area contributed by atoms with Crippen molar-refractivity contribution < 1.29 is 9.18 Å². The molecule has 1 aliphatic rings. The molecule has 0 spiro atoms. The second-order valence-electron chi connectivity index (χ2n) is 5.29. The van der Waals surface area contributed by atoms with Crippen LogP contribution < -0.4 is 4.90 Å². The van der Waals surface area contributed by atoms with Gasteiger partial charge in [-0.1, -0.05) is 0 Å². The van der Waals surface area contributed by atoms with Gasteiger partial charge in [-0.15, -0.1) is 0 Å². The molecule has 2 heterocycles. The Morgan fingerprint density at radius 1 is 1.14 bits per heavy atom. The van der Waals surface area contributed by atoms with Crippen molar-refractivity contribution in [1.29, 1.82) is 0 Å². The summed E-state index contributed by atoms with van der Waals surface area (Å²) in [5.41, 5.74) is 1.02. The van der Waals surface area contributed by atoms with Gasteiger partial charge in [0.05, 0.1) is 0 Å². The van der Waals surface area contributed by atoms with E-state index in [-0.39, 0.29) is 11.7 Å². The number of piperazine rings is 1. The van der Waals surface area contributed by atoms with Gasteiger partial charge < -0.3 is 9.80 Å². The van der Waals surface area contributed by atoms with Crippen molar-refractivity contribution in [3.63, 3.8) is 0 Å². The zero-order valence-corrected chi connectivity index (χ0v) is 12.4. The van der Waals surface area contributed by atoms with Crippen molar-refractivity contribution in [2.45, 2.75) is 6.92 Å². The van der Waals surface area contributed by atoms with E-state index in [0.29, 0.717) is 43.3 Å². The minimum absolute atomic E-state index is 0.0586. The molecule has 0 aliphatic carbocycles. The van der Waals surface area contributed by atoms with E-state index < -0.39 is 0 Å². The molecular formula is C16H17FN4O. The number of aryl methyl sites for hydroxylation is 1. The molecule has 1 fully saturated rings. The maximum atomic E-state index is 13.3. The molecule has 0 unspecified atom stereocenters. The Hall–Kier alpha value is -2.50. The number of rotatable bonds is 2. The van der Waals surface area contributed by atoms with Crippen molar-refractivity contribution in [1.82, 2.24) is 14.9 Å². The molecule has 0 bridgehead atoms. The average Bonchev–Trinajstić information content (AvgIpc) is 2.58. The van der Waals surface area contributed by atoms with Crippen molar-refractivity contribution in [2.75, 3.05) is 31.1 Å². The molecule has 2 aromatic rings. The summed E-state index contributed by atoms with van der Waals surface area (Å²) in [7, 11) is 0. The summed E-state index contributed by atoms with van der Waals surface area (Å²) in [4.78, 5) is 24.7. The number of halogens is 1. The summed E-state index contributed by atoms with van der Waals surface area (Å²) in [6, 6.07) is 6.26. The minimum Gasteiger partial charge on any atom is -0.337 e. The number of aromatic nitrogens is 2. The Morgan fingerprint density at radius 3 is 2.45 bits per heavy atom. The first-order chi connectivity index (χ1) is 10.6.